The van der Waals surface area contributed by atoms with E-state index in [1.54, 1.807) is 54.6 Å². The summed E-state index contributed by atoms with van der Waals surface area (Å²) in [7, 11) is 3.69. The molecule has 5 unspecified atom stereocenters. The molecule has 13 nitrogen and oxygen atoms in total. The van der Waals surface area contributed by atoms with Crippen molar-refractivity contribution in [3.05, 3.63) is 124 Å². The number of nitro benzene ring substituents is 1. The van der Waals surface area contributed by atoms with Crippen LogP contribution in [0.25, 0.3) is 0 Å². The first kappa shape index (κ1) is 33.8. The van der Waals surface area contributed by atoms with Crippen molar-refractivity contribution in [2.75, 3.05) is 0 Å². The summed E-state index contributed by atoms with van der Waals surface area (Å²) in [6, 6.07) is 18.3. The van der Waals surface area contributed by atoms with Crippen molar-refractivity contribution in [1.82, 2.24) is 15.5 Å². The molecular formula is C31H29ClN4O9S. The van der Waals surface area contributed by atoms with E-state index in [4.69, 9.17) is 20.2 Å². The van der Waals surface area contributed by atoms with Gasteiger partial charge in [-0.15, -0.1) is 0 Å². The average Bonchev–Trinajstić information content (AvgIpc) is 3.04. The minimum atomic E-state index is -2.28. The molecule has 46 heavy (non-hydrogen) atoms. The highest BCUT2D eigenvalue weighted by atomic mass is 35.7. The Labute approximate surface area is 270 Å². The lowest BCUT2D eigenvalue weighted by Gasteiger charge is -2.48. The molecule has 1 aliphatic heterocycles. The number of hydrogen-bond donors (Lipinski definition) is 2. The van der Waals surface area contributed by atoms with Gasteiger partial charge < -0.3 is 25.0 Å². The van der Waals surface area contributed by atoms with E-state index in [1.807, 2.05) is 6.07 Å². The van der Waals surface area contributed by atoms with Crippen LogP contribution in [-0.4, -0.2) is 55.4 Å². The number of ether oxygens (including phenoxy) is 2. The first-order chi connectivity index (χ1) is 22.0. The van der Waals surface area contributed by atoms with Gasteiger partial charge in [-0.1, -0.05) is 67.2 Å². The maximum Gasteiger partial charge on any atom is 0.408 e. The number of hydrogen-bond acceptors (Lipinski definition) is 9. The van der Waals surface area contributed by atoms with Crippen molar-refractivity contribution in [2.45, 2.75) is 43.6 Å². The average molecular weight is 669 g/mol. The molecule has 1 saturated heterocycles. The van der Waals surface area contributed by atoms with Crippen LogP contribution < -0.4 is 10.6 Å². The summed E-state index contributed by atoms with van der Waals surface area (Å²) in [5.74, 6) is -2.52. The zero-order valence-corrected chi connectivity index (χ0v) is 25.9. The number of nitrogens with zero attached hydrogens (tertiary/aromatic N) is 2. The lowest BCUT2D eigenvalue weighted by atomic mass is 9.98. The Hall–Kier alpha value is -5.08. The van der Waals surface area contributed by atoms with Crippen molar-refractivity contribution in [2.24, 2.45) is 0 Å². The monoisotopic (exact) mass is 668 g/mol. The van der Waals surface area contributed by atoms with E-state index >= 15 is 0 Å². The van der Waals surface area contributed by atoms with E-state index < -0.39 is 62.3 Å². The highest BCUT2D eigenvalue weighted by molar-refractivity contribution is 8.08. The zero-order valence-electron chi connectivity index (χ0n) is 24.4. The Morgan fingerprint density at radius 3 is 2.11 bits per heavy atom. The topological polar surface area (TPSA) is 174 Å². The molecule has 4 rings (SSSR count). The SMILES string of the molecule is C=C(C)C(C(=O)OCc1ccc([N+](=O)[O-])cc1)N1C(=O)C(NC(=O)C(NC(=O)OCc2ccccc2)c2ccccc2)C1S(=O)Cl. The molecule has 0 aromatic heterocycles. The smallest absolute Gasteiger partial charge is 0.408 e. The maximum atomic E-state index is 13.5. The van der Waals surface area contributed by atoms with Gasteiger partial charge in [0, 0.05) is 12.1 Å². The van der Waals surface area contributed by atoms with Gasteiger partial charge in [-0.2, -0.15) is 0 Å². The molecule has 0 radical (unpaired) electrons. The number of non-ortho nitro benzene ring substituents is 1. The molecule has 3 aromatic carbocycles. The summed E-state index contributed by atoms with van der Waals surface area (Å²) in [4.78, 5) is 63.9. The summed E-state index contributed by atoms with van der Waals surface area (Å²) >= 11 is 0. The van der Waals surface area contributed by atoms with Gasteiger partial charge in [0.25, 0.3) is 5.69 Å². The predicted octanol–water partition coefficient (Wildman–Crippen LogP) is 3.81. The molecule has 1 fully saturated rings. The maximum absolute atomic E-state index is 13.5. The van der Waals surface area contributed by atoms with Crippen molar-refractivity contribution in [1.29, 1.82) is 0 Å². The van der Waals surface area contributed by atoms with Gasteiger partial charge in [-0.25, -0.2) is 13.8 Å². The van der Waals surface area contributed by atoms with Crippen LogP contribution in [0.5, 0.6) is 0 Å². The summed E-state index contributed by atoms with van der Waals surface area (Å²) in [5.41, 5.74) is 1.57. The largest absolute Gasteiger partial charge is 0.459 e. The van der Waals surface area contributed by atoms with E-state index in [-0.39, 0.29) is 24.5 Å². The standard InChI is InChI=1S/C31H29ClN4O9S/c1-19(2)26(30(39)44-17-21-13-15-23(16-14-21)36(41)42)35-28(38)25(29(35)46(32)43)33-27(37)24(22-11-7-4-8-12-22)34-31(40)45-18-20-9-5-3-6-10-20/h3-16,24-26,29H,1,17-18H2,2H3,(H,33,37)(H,34,40). The van der Waals surface area contributed by atoms with Crippen LogP contribution in [-0.2, 0) is 47.1 Å². The van der Waals surface area contributed by atoms with E-state index in [9.17, 15) is 33.5 Å². The fourth-order valence-corrected chi connectivity index (χ4v) is 6.02. The van der Waals surface area contributed by atoms with Crippen molar-refractivity contribution in [3.63, 3.8) is 0 Å². The number of halogens is 1. The number of nitro groups is 1. The number of benzene rings is 3. The number of β-lactam (4-membered cyclic amide) rings is 1. The number of nitrogens with one attached hydrogen (secondary N) is 2. The van der Waals surface area contributed by atoms with Crippen molar-refractivity contribution in [3.8, 4) is 0 Å². The summed E-state index contributed by atoms with van der Waals surface area (Å²) in [6.07, 6.45) is -0.898. The minimum absolute atomic E-state index is 0.0538. The second-order valence-corrected chi connectivity index (χ2v) is 12.1. The van der Waals surface area contributed by atoms with Crippen molar-refractivity contribution < 1.29 is 37.8 Å². The molecular weight excluding hydrogens is 640 g/mol. The van der Waals surface area contributed by atoms with Crippen LogP contribution in [0.15, 0.2) is 97.1 Å². The molecule has 0 spiro atoms. The summed E-state index contributed by atoms with van der Waals surface area (Å²) in [6.45, 7) is 4.89. The van der Waals surface area contributed by atoms with Gasteiger partial charge in [0.05, 0.1) is 4.92 Å². The van der Waals surface area contributed by atoms with E-state index in [2.05, 4.69) is 17.2 Å². The Morgan fingerprint density at radius 1 is 0.978 bits per heavy atom. The van der Waals surface area contributed by atoms with Crippen LogP contribution in [0.3, 0.4) is 0 Å². The van der Waals surface area contributed by atoms with Crippen LogP contribution in [0, 0.1) is 10.1 Å². The van der Waals surface area contributed by atoms with Gasteiger partial charge in [0.1, 0.15) is 35.3 Å². The molecule has 1 heterocycles. The predicted molar refractivity (Wildman–Crippen MR) is 167 cm³/mol. The van der Waals surface area contributed by atoms with E-state index in [1.165, 1.54) is 31.2 Å². The quantitative estimate of drug-likeness (QED) is 0.0685. The van der Waals surface area contributed by atoms with Gasteiger partial charge >= 0.3 is 12.1 Å². The summed E-state index contributed by atoms with van der Waals surface area (Å²) in [5, 5.41) is 14.5. The fraction of sp³-hybridized carbons (Fsp3) is 0.226. The third-order valence-corrected chi connectivity index (χ3v) is 8.36. The van der Waals surface area contributed by atoms with Gasteiger partial charge in [-0.05, 0) is 52.0 Å². The lowest BCUT2D eigenvalue weighted by molar-refractivity contribution is -0.384. The molecule has 3 amide bonds. The van der Waals surface area contributed by atoms with E-state index in [0.717, 1.165) is 10.5 Å². The second-order valence-electron chi connectivity index (χ2n) is 10.2. The van der Waals surface area contributed by atoms with Crippen molar-refractivity contribution >= 4 is 50.3 Å². The van der Waals surface area contributed by atoms with E-state index in [0.29, 0.717) is 11.1 Å². The van der Waals surface area contributed by atoms with Crippen LogP contribution >= 0.6 is 10.7 Å². The van der Waals surface area contributed by atoms with Crippen LogP contribution in [0.2, 0.25) is 0 Å². The van der Waals surface area contributed by atoms with Crippen LogP contribution in [0.4, 0.5) is 10.5 Å². The third-order valence-electron chi connectivity index (χ3n) is 6.93. The molecule has 15 heteroatoms. The lowest BCUT2D eigenvalue weighted by Crippen LogP contribution is -2.75. The molecule has 3 aromatic rings. The second kappa shape index (κ2) is 15.3. The highest BCUT2D eigenvalue weighted by Crippen LogP contribution is 2.31. The number of alkyl carbamates (subject to hydrolysis) is 1. The Balaban J connectivity index is 1.46. The van der Waals surface area contributed by atoms with Crippen LogP contribution in [0.1, 0.15) is 29.7 Å². The Bertz CT molecular complexity index is 1640. The third kappa shape index (κ3) is 8.14. The molecule has 1 aliphatic rings. The fourth-order valence-electron chi connectivity index (χ4n) is 4.65. The van der Waals surface area contributed by atoms with Gasteiger partial charge in [-0.3, -0.25) is 19.7 Å². The first-order valence-corrected chi connectivity index (χ1v) is 15.8. The molecule has 5 atom stereocenters. The van der Waals surface area contributed by atoms with Gasteiger partial charge in [0.2, 0.25) is 11.8 Å². The summed E-state index contributed by atoms with van der Waals surface area (Å²) < 4.78 is 23.2. The molecule has 2 N–H and O–H groups in total. The number of esters is 1. The molecule has 0 bridgehead atoms. The number of rotatable bonds is 13. The number of carbonyl (C=O) groups is 4. The Morgan fingerprint density at radius 2 is 1.54 bits per heavy atom. The molecule has 240 valence electrons. The molecule has 0 aliphatic carbocycles. The first-order valence-electron chi connectivity index (χ1n) is 13.7. The minimum Gasteiger partial charge on any atom is -0.459 e. The van der Waals surface area contributed by atoms with Gasteiger partial charge in [0.15, 0.2) is 11.4 Å². The zero-order chi connectivity index (χ0) is 33.4. The number of likely N-dealkylation sites (tertiary alicyclic amines) is 1. The number of amides is 3. The number of carbonyl (C=O) groups excluding carboxylic acids is 4. The Kier molecular flexibility index (Phi) is 11.2. The normalized spacial score (nSPS) is 17.4. The molecule has 0 saturated carbocycles. The highest BCUT2D eigenvalue weighted by Gasteiger charge is 2.56.